The number of amides is 3. The number of ether oxygens (including phenoxy) is 1. The SMILES string of the molecule is CN(C(=O)O)C(=O)CCC(=O)NCc1ccc(C(=O)Oc2ccc3cc(C(=N)N)ccc3c2)o1. The first-order valence-electron chi connectivity index (χ1n) is 10.1. The van der Waals surface area contributed by atoms with Crippen LogP contribution in [0.15, 0.2) is 52.9 Å². The van der Waals surface area contributed by atoms with E-state index < -0.39 is 23.9 Å². The van der Waals surface area contributed by atoms with Gasteiger partial charge < -0.3 is 25.3 Å². The standard InChI is InChI=1S/C23H22N4O7/c1-27(23(31)32)20(29)9-8-19(28)26-12-17-6-7-18(33-17)22(30)34-16-5-4-13-10-15(21(24)25)3-2-14(13)11-16/h2-7,10-11H,8-9,12H2,1H3,(H3,24,25)(H,26,28)(H,31,32). The molecule has 0 saturated heterocycles. The second-order valence-electron chi connectivity index (χ2n) is 7.30. The molecule has 0 fully saturated rings. The van der Waals surface area contributed by atoms with Crippen LogP contribution in [0.1, 0.15) is 34.7 Å². The van der Waals surface area contributed by atoms with Crippen LogP contribution in [0, 0.1) is 5.41 Å². The molecule has 3 aromatic rings. The van der Waals surface area contributed by atoms with Gasteiger partial charge in [0.1, 0.15) is 17.3 Å². The highest BCUT2D eigenvalue weighted by molar-refractivity contribution is 5.99. The lowest BCUT2D eigenvalue weighted by Gasteiger charge is -2.10. The highest BCUT2D eigenvalue weighted by Gasteiger charge is 2.17. The fraction of sp³-hybridized carbons (Fsp3) is 0.174. The molecule has 2 aromatic carbocycles. The van der Waals surface area contributed by atoms with Crippen LogP contribution in [0.3, 0.4) is 0 Å². The molecule has 1 aromatic heterocycles. The van der Waals surface area contributed by atoms with Gasteiger partial charge in [-0.1, -0.05) is 18.2 Å². The second-order valence-corrected chi connectivity index (χ2v) is 7.30. The van der Waals surface area contributed by atoms with E-state index in [-0.39, 0.29) is 31.0 Å². The van der Waals surface area contributed by atoms with Crippen molar-refractivity contribution in [1.82, 2.24) is 10.2 Å². The van der Waals surface area contributed by atoms with Crippen molar-refractivity contribution in [1.29, 1.82) is 5.41 Å². The summed E-state index contributed by atoms with van der Waals surface area (Å²) in [6.07, 6.45) is -1.85. The van der Waals surface area contributed by atoms with Crippen LogP contribution >= 0.6 is 0 Å². The molecule has 5 N–H and O–H groups in total. The highest BCUT2D eigenvalue weighted by Crippen LogP contribution is 2.23. The first kappa shape index (κ1) is 24.0. The minimum atomic E-state index is -1.40. The van der Waals surface area contributed by atoms with Crippen LogP contribution in [0.4, 0.5) is 4.79 Å². The van der Waals surface area contributed by atoms with Gasteiger partial charge in [0.2, 0.25) is 17.6 Å². The molecule has 11 nitrogen and oxygen atoms in total. The lowest BCUT2D eigenvalue weighted by atomic mass is 10.1. The van der Waals surface area contributed by atoms with E-state index in [0.29, 0.717) is 22.0 Å². The smallest absolute Gasteiger partial charge is 0.413 e. The van der Waals surface area contributed by atoms with Gasteiger partial charge in [0.15, 0.2) is 0 Å². The van der Waals surface area contributed by atoms with Gasteiger partial charge in [-0.3, -0.25) is 19.9 Å². The molecule has 0 aliphatic carbocycles. The molecule has 0 saturated carbocycles. The third-order valence-electron chi connectivity index (χ3n) is 4.88. The van der Waals surface area contributed by atoms with E-state index in [0.717, 1.165) is 17.8 Å². The van der Waals surface area contributed by atoms with Gasteiger partial charge >= 0.3 is 12.1 Å². The Morgan fingerprint density at radius 3 is 2.47 bits per heavy atom. The number of amidine groups is 1. The van der Waals surface area contributed by atoms with Crippen molar-refractivity contribution >= 4 is 40.5 Å². The number of carbonyl (C=O) groups excluding carboxylic acids is 3. The molecule has 0 bridgehead atoms. The Bertz CT molecular complexity index is 1280. The first-order valence-corrected chi connectivity index (χ1v) is 10.1. The largest absolute Gasteiger partial charge is 0.465 e. The van der Waals surface area contributed by atoms with Crippen LogP contribution in [-0.4, -0.2) is 46.8 Å². The maximum Gasteiger partial charge on any atom is 0.413 e. The Balaban J connectivity index is 1.53. The molecular formula is C23H22N4O7. The number of nitrogens with two attached hydrogens (primary N) is 1. The molecular weight excluding hydrogens is 444 g/mol. The normalized spacial score (nSPS) is 10.5. The average molecular weight is 466 g/mol. The van der Waals surface area contributed by atoms with Crippen LogP contribution in [0.5, 0.6) is 5.75 Å². The van der Waals surface area contributed by atoms with Crippen molar-refractivity contribution < 1.29 is 33.4 Å². The van der Waals surface area contributed by atoms with E-state index in [4.69, 9.17) is 25.4 Å². The molecule has 0 radical (unpaired) electrons. The molecule has 0 unspecified atom stereocenters. The Morgan fingerprint density at radius 2 is 1.76 bits per heavy atom. The Kier molecular flexibility index (Phi) is 7.26. The van der Waals surface area contributed by atoms with E-state index in [2.05, 4.69) is 5.32 Å². The van der Waals surface area contributed by atoms with Gasteiger partial charge in [-0.05, 0) is 41.1 Å². The van der Waals surface area contributed by atoms with Crippen LogP contribution in [0.25, 0.3) is 10.8 Å². The van der Waals surface area contributed by atoms with Crippen molar-refractivity contribution in [2.24, 2.45) is 5.73 Å². The summed E-state index contributed by atoms with van der Waals surface area (Å²) >= 11 is 0. The number of rotatable bonds is 8. The summed E-state index contributed by atoms with van der Waals surface area (Å²) in [5.41, 5.74) is 6.09. The van der Waals surface area contributed by atoms with Gasteiger partial charge in [-0.2, -0.15) is 0 Å². The van der Waals surface area contributed by atoms with E-state index in [1.54, 1.807) is 36.4 Å². The quantitative estimate of drug-likeness (QED) is 0.169. The number of nitrogen functional groups attached to an aromatic ring is 1. The van der Waals surface area contributed by atoms with E-state index in [9.17, 15) is 19.2 Å². The topological polar surface area (TPSA) is 176 Å². The average Bonchev–Trinajstić information content (AvgIpc) is 3.29. The third-order valence-corrected chi connectivity index (χ3v) is 4.88. The molecule has 0 aliphatic heterocycles. The summed E-state index contributed by atoms with van der Waals surface area (Å²) in [4.78, 5) is 47.1. The summed E-state index contributed by atoms with van der Waals surface area (Å²) in [6.45, 7) is -0.0243. The van der Waals surface area contributed by atoms with Gasteiger partial charge in [0, 0.05) is 25.5 Å². The van der Waals surface area contributed by atoms with Gasteiger partial charge in [0.25, 0.3) is 0 Å². The maximum atomic E-state index is 12.4. The van der Waals surface area contributed by atoms with E-state index in [1.807, 2.05) is 0 Å². The number of nitrogens with one attached hydrogen (secondary N) is 2. The number of hydrogen-bond donors (Lipinski definition) is 4. The van der Waals surface area contributed by atoms with Gasteiger partial charge in [0.05, 0.1) is 6.54 Å². The summed E-state index contributed by atoms with van der Waals surface area (Å²) in [5.74, 6) is -1.40. The fourth-order valence-electron chi connectivity index (χ4n) is 2.96. The molecule has 0 aliphatic rings. The number of furan rings is 1. The van der Waals surface area contributed by atoms with Crippen molar-refractivity contribution in [3.63, 3.8) is 0 Å². The number of benzene rings is 2. The van der Waals surface area contributed by atoms with E-state index in [1.165, 1.54) is 12.1 Å². The van der Waals surface area contributed by atoms with E-state index >= 15 is 0 Å². The predicted molar refractivity (Wildman–Crippen MR) is 121 cm³/mol. The van der Waals surface area contributed by atoms with Gasteiger partial charge in [-0.15, -0.1) is 0 Å². The Labute approximate surface area is 193 Å². The monoisotopic (exact) mass is 466 g/mol. The molecule has 1 heterocycles. The van der Waals surface area contributed by atoms with Crippen LogP contribution < -0.4 is 15.8 Å². The lowest BCUT2D eigenvalue weighted by molar-refractivity contribution is -0.131. The lowest BCUT2D eigenvalue weighted by Crippen LogP contribution is -2.33. The summed E-state index contributed by atoms with van der Waals surface area (Å²) < 4.78 is 10.8. The highest BCUT2D eigenvalue weighted by atomic mass is 16.5. The zero-order chi connectivity index (χ0) is 24.8. The number of hydrogen-bond acceptors (Lipinski definition) is 7. The molecule has 0 atom stereocenters. The van der Waals surface area contributed by atoms with Crippen LogP contribution in [-0.2, 0) is 16.1 Å². The summed E-state index contributed by atoms with van der Waals surface area (Å²) in [6, 6.07) is 13.2. The number of carboxylic acid groups (broad SMARTS) is 1. The second kappa shape index (κ2) is 10.3. The number of carbonyl (C=O) groups is 4. The van der Waals surface area contributed by atoms with Gasteiger partial charge in [-0.25, -0.2) is 9.59 Å². The molecule has 176 valence electrons. The zero-order valence-corrected chi connectivity index (χ0v) is 18.2. The predicted octanol–water partition coefficient (Wildman–Crippen LogP) is 2.47. The molecule has 3 amide bonds. The summed E-state index contributed by atoms with van der Waals surface area (Å²) in [5, 5.41) is 20.4. The molecule has 11 heteroatoms. The maximum absolute atomic E-state index is 12.4. The van der Waals surface area contributed by atoms with Crippen molar-refractivity contribution in [3.8, 4) is 5.75 Å². The number of esters is 1. The van der Waals surface area contributed by atoms with Crippen molar-refractivity contribution in [3.05, 3.63) is 65.6 Å². The number of imide groups is 1. The minimum Gasteiger partial charge on any atom is -0.465 e. The summed E-state index contributed by atoms with van der Waals surface area (Å²) in [7, 11) is 1.11. The fourth-order valence-corrected chi connectivity index (χ4v) is 2.96. The number of nitrogens with zero attached hydrogens (tertiary/aromatic N) is 1. The zero-order valence-electron chi connectivity index (χ0n) is 18.2. The minimum absolute atomic E-state index is 0.0243. The van der Waals surface area contributed by atoms with Crippen molar-refractivity contribution in [2.75, 3.05) is 7.05 Å². The Morgan fingerprint density at radius 1 is 1.06 bits per heavy atom. The molecule has 3 rings (SSSR count). The van der Waals surface area contributed by atoms with Crippen molar-refractivity contribution in [2.45, 2.75) is 19.4 Å². The number of fused-ring (bicyclic) bond motifs is 1. The van der Waals surface area contributed by atoms with Crippen LogP contribution in [0.2, 0.25) is 0 Å². The third kappa shape index (κ3) is 5.97. The molecule has 34 heavy (non-hydrogen) atoms. The Hall–Kier alpha value is -4.67. The first-order chi connectivity index (χ1) is 16.1. The molecule has 0 spiro atoms.